The van der Waals surface area contributed by atoms with E-state index in [2.05, 4.69) is 20.5 Å². The van der Waals surface area contributed by atoms with Crippen molar-refractivity contribution < 1.29 is 9.90 Å². The van der Waals surface area contributed by atoms with Crippen molar-refractivity contribution in [2.24, 2.45) is 0 Å². The average Bonchev–Trinajstić information content (AvgIpc) is 2.05. The molecule has 6 nitrogen and oxygen atoms in total. The van der Waals surface area contributed by atoms with Crippen LogP contribution in [-0.4, -0.2) is 32.8 Å². The number of nitrogens with one attached hydrogen (secondary N) is 1. The minimum Gasteiger partial charge on any atom is -0.481 e. The van der Waals surface area contributed by atoms with Crippen molar-refractivity contribution in [3.63, 3.8) is 0 Å². The van der Waals surface area contributed by atoms with E-state index in [4.69, 9.17) is 5.11 Å². The minimum atomic E-state index is -0.855. The molecule has 64 valence electrons. The van der Waals surface area contributed by atoms with Crippen molar-refractivity contribution in [3.8, 4) is 0 Å². The standard InChI is InChI=1S/C6H8N4O2/c11-5(12)1-2-7-6-8-3-4-9-10-6/h3-4H,1-2H2,(H,11,12)(H,7,8,10). The average molecular weight is 168 g/mol. The normalized spacial score (nSPS) is 9.33. The van der Waals surface area contributed by atoms with Crippen molar-refractivity contribution >= 4 is 11.9 Å². The Balaban J connectivity index is 2.29. The third-order valence-corrected chi connectivity index (χ3v) is 1.10. The van der Waals surface area contributed by atoms with Crippen LogP contribution in [-0.2, 0) is 4.79 Å². The van der Waals surface area contributed by atoms with Crippen LogP contribution in [0.3, 0.4) is 0 Å². The molecule has 1 heterocycles. The largest absolute Gasteiger partial charge is 0.481 e. The van der Waals surface area contributed by atoms with Crippen LogP contribution in [0.2, 0.25) is 0 Å². The highest BCUT2D eigenvalue weighted by atomic mass is 16.4. The Kier molecular flexibility index (Phi) is 2.95. The Hall–Kier alpha value is -1.72. The predicted octanol–water partition coefficient (Wildman–Crippen LogP) is -0.242. The smallest absolute Gasteiger partial charge is 0.305 e. The van der Waals surface area contributed by atoms with E-state index in [1.54, 1.807) is 0 Å². The van der Waals surface area contributed by atoms with E-state index in [0.29, 0.717) is 12.5 Å². The Morgan fingerprint density at radius 3 is 3.00 bits per heavy atom. The van der Waals surface area contributed by atoms with Gasteiger partial charge in [0.15, 0.2) is 0 Å². The molecule has 0 bridgehead atoms. The molecule has 1 aromatic heterocycles. The number of hydrogen-bond donors (Lipinski definition) is 2. The van der Waals surface area contributed by atoms with Crippen molar-refractivity contribution in [1.82, 2.24) is 15.2 Å². The molecule has 0 aromatic carbocycles. The summed E-state index contributed by atoms with van der Waals surface area (Å²) in [5.41, 5.74) is 0. The molecule has 0 unspecified atom stereocenters. The fourth-order valence-corrected chi connectivity index (χ4v) is 0.610. The number of hydrogen-bond acceptors (Lipinski definition) is 5. The van der Waals surface area contributed by atoms with Gasteiger partial charge in [0.1, 0.15) is 0 Å². The van der Waals surface area contributed by atoms with Gasteiger partial charge in [-0.05, 0) is 0 Å². The summed E-state index contributed by atoms with van der Waals surface area (Å²) in [5.74, 6) is -0.509. The summed E-state index contributed by atoms with van der Waals surface area (Å²) >= 11 is 0. The van der Waals surface area contributed by atoms with E-state index in [0.717, 1.165) is 0 Å². The molecule has 0 atom stereocenters. The molecule has 0 saturated carbocycles. The van der Waals surface area contributed by atoms with Crippen LogP contribution in [0.15, 0.2) is 12.4 Å². The molecule has 12 heavy (non-hydrogen) atoms. The molecular weight excluding hydrogens is 160 g/mol. The summed E-state index contributed by atoms with van der Waals surface area (Å²) in [7, 11) is 0. The van der Waals surface area contributed by atoms with Gasteiger partial charge in [-0.3, -0.25) is 4.79 Å². The highest BCUT2D eigenvalue weighted by molar-refractivity contribution is 5.67. The third-order valence-electron chi connectivity index (χ3n) is 1.10. The molecule has 2 N–H and O–H groups in total. The first-order valence-corrected chi connectivity index (χ1v) is 3.38. The SMILES string of the molecule is O=C(O)CCNc1nccnn1. The van der Waals surface area contributed by atoms with Crippen molar-refractivity contribution in [3.05, 3.63) is 12.4 Å². The highest BCUT2D eigenvalue weighted by Crippen LogP contribution is 1.91. The molecular formula is C6H8N4O2. The Bertz CT molecular complexity index is 251. The molecule has 6 heteroatoms. The third kappa shape index (κ3) is 2.91. The van der Waals surface area contributed by atoms with Gasteiger partial charge in [-0.15, -0.1) is 5.10 Å². The monoisotopic (exact) mass is 168 g/mol. The molecule has 0 aliphatic heterocycles. The van der Waals surface area contributed by atoms with E-state index in [1.165, 1.54) is 12.4 Å². The fourth-order valence-electron chi connectivity index (χ4n) is 0.610. The van der Waals surface area contributed by atoms with Crippen molar-refractivity contribution in [2.75, 3.05) is 11.9 Å². The summed E-state index contributed by atoms with van der Waals surface area (Å²) in [6, 6.07) is 0. The van der Waals surface area contributed by atoms with Crippen LogP contribution < -0.4 is 5.32 Å². The number of anilines is 1. The van der Waals surface area contributed by atoms with Gasteiger partial charge in [0.25, 0.3) is 0 Å². The topological polar surface area (TPSA) is 88.0 Å². The van der Waals surface area contributed by atoms with Crippen LogP contribution in [0.1, 0.15) is 6.42 Å². The number of carboxylic acid groups (broad SMARTS) is 1. The van der Waals surface area contributed by atoms with Gasteiger partial charge < -0.3 is 10.4 Å². The number of aromatic nitrogens is 3. The fraction of sp³-hybridized carbons (Fsp3) is 0.333. The molecule has 0 aliphatic rings. The number of rotatable bonds is 4. The van der Waals surface area contributed by atoms with Crippen molar-refractivity contribution in [1.29, 1.82) is 0 Å². The molecule has 1 aromatic rings. The summed E-state index contributed by atoms with van der Waals surface area (Å²) in [4.78, 5) is 13.9. The maximum Gasteiger partial charge on any atom is 0.305 e. The summed E-state index contributed by atoms with van der Waals surface area (Å²) in [6.07, 6.45) is 2.97. The van der Waals surface area contributed by atoms with E-state index < -0.39 is 5.97 Å². The predicted molar refractivity (Wildman–Crippen MR) is 40.6 cm³/mol. The van der Waals surface area contributed by atoms with E-state index in [-0.39, 0.29) is 6.42 Å². The van der Waals surface area contributed by atoms with Gasteiger partial charge in [0.05, 0.1) is 18.8 Å². The maximum atomic E-state index is 10.1. The zero-order valence-corrected chi connectivity index (χ0v) is 6.27. The van der Waals surface area contributed by atoms with Gasteiger partial charge >= 0.3 is 5.97 Å². The van der Waals surface area contributed by atoms with Gasteiger partial charge in [0.2, 0.25) is 5.95 Å². The van der Waals surface area contributed by atoms with Crippen molar-refractivity contribution in [2.45, 2.75) is 6.42 Å². The minimum absolute atomic E-state index is 0.0399. The van der Waals surface area contributed by atoms with Crippen LogP contribution in [0.5, 0.6) is 0 Å². The number of carboxylic acids is 1. The number of nitrogens with zero attached hydrogens (tertiary/aromatic N) is 3. The molecule has 0 radical (unpaired) electrons. The molecule has 0 aliphatic carbocycles. The van der Waals surface area contributed by atoms with Gasteiger partial charge in [-0.2, -0.15) is 5.10 Å². The lowest BCUT2D eigenvalue weighted by Gasteiger charge is -1.99. The lowest BCUT2D eigenvalue weighted by molar-refractivity contribution is -0.136. The second-order valence-corrected chi connectivity index (χ2v) is 2.04. The summed E-state index contributed by atoms with van der Waals surface area (Å²) < 4.78 is 0. The highest BCUT2D eigenvalue weighted by Gasteiger charge is 1.97. The van der Waals surface area contributed by atoms with Gasteiger partial charge in [0, 0.05) is 6.54 Å². The molecule has 0 amide bonds. The quantitative estimate of drug-likeness (QED) is 0.645. The lowest BCUT2D eigenvalue weighted by atomic mass is 10.4. The van der Waals surface area contributed by atoms with Crippen LogP contribution in [0.4, 0.5) is 5.95 Å². The van der Waals surface area contributed by atoms with Gasteiger partial charge in [-0.1, -0.05) is 0 Å². The Morgan fingerprint density at radius 1 is 1.58 bits per heavy atom. The van der Waals surface area contributed by atoms with Gasteiger partial charge in [-0.25, -0.2) is 4.98 Å². The number of aliphatic carboxylic acids is 1. The van der Waals surface area contributed by atoms with E-state index in [1.807, 2.05) is 0 Å². The second-order valence-electron chi connectivity index (χ2n) is 2.04. The molecule has 1 rings (SSSR count). The first-order chi connectivity index (χ1) is 5.79. The molecule has 0 fully saturated rings. The second kappa shape index (κ2) is 4.22. The van der Waals surface area contributed by atoms with Crippen LogP contribution >= 0.6 is 0 Å². The summed E-state index contributed by atoms with van der Waals surface area (Å²) in [6.45, 7) is 0.307. The Labute approximate surface area is 68.7 Å². The zero-order chi connectivity index (χ0) is 8.81. The maximum absolute atomic E-state index is 10.1. The van der Waals surface area contributed by atoms with Crippen LogP contribution in [0.25, 0.3) is 0 Å². The molecule has 0 spiro atoms. The lowest BCUT2D eigenvalue weighted by Crippen LogP contribution is -2.09. The zero-order valence-electron chi connectivity index (χ0n) is 6.27. The first kappa shape index (κ1) is 8.38. The first-order valence-electron chi connectivity index (χ1n) is 3.38. The van der Waals surface area contributed by atoms with E-state index in [9.17, 15) is 4.79 Å². The molecule has 0 saturated heterocycles. The van der Waals surface area contributed by atoms with E-state index >= 15 is 0 Å². The number of carbonyl (C=O) groups is 1. The van der Waals surface area contributed by atoms with Crippen LogP contribution in [0, 0.1) is 0 Å². The Morgan fingerprint density at radius 2 is 2.42 bits per heavy atom. The summed E-state index contributed by atoms with van der Waals surface area (Å²) in [5, 5.41) is 18.2.